The molecule has 0 unspecified atom stereocenters. The number of phosphoric ester groups is 1. The van der Waals surface area contributed by atoms with Crippen molar-refractivity contribution in [3.8, 4) is 15.4 Å². The average Bonchev–Trinajstić information content (AvgIpc) is 1.70. The van der Waals surface area contributed by atoms with Gasteiger partial charge in [0.25, 0.3) is 0 Å². The normalized spacial score (nSPS) is 15.9. The molecule has 3 N–H and O–H groups in total. The van der Waals surface area contributed by atoms with Gasteiger partial charge in [-0.3, -0.25) is 33.5 Å². The number of aliphatic imine (C=N–C) groups is 1. The van der Waals surface area contributed by atoms with E-state index in [0.29, 0.717) is 35.9 Å². The summed E-state index contributed by atoms with van der Waals surface area (Å²) in [4.78, 5) is 103. The zero-order valence-electron chi connectivity index (χ0n) is 51.3. The van der Waals surface area contributed by atoms with Crippen molar-refractivity contribution in [1.82, 2.24) is 40.6 Å². The van der Waals surface area contributed by atoms with Gasteiger partial charge in [0.05, 0.1) is 82.2 Å². The van der Waals surface area contributed by atoms with Gasteiger partial charge in [-0.2, -0.15) is 0 Å². The van der Waals surface area contributed by atoms with Crippen LogP contribution in [0.15, 0.2) is 59.0 Å². The van der Waals surface area contributed by atoms with Crippen molar-refractivity contribution in [2.24, 2.45) is 10.4 Å². The maximum absolute atomic E-state index is 14.6. The van der Waals surface area contributed by atoms with Crippen molar-refractivity contribution < 1.29 is 121 Å². The Labute approximate surface area is 566 Å². The smallest absolute Gasteiger partial charge is 0.790 e. The molecule has 2 aromatic carbocycles. The maximum Gasteiger partial charge on any atom is 1.00 e. The molecule has 2 aliphatic rings. The topological polar surface area (TPSA) is 290 Å². The molecule has 0 spiro atoms. The number of fused-ring (bicyclic) bond motifs is 3. The van der Waals surface area contributed by atoms with Gasteiger partial charge in [0, 0.05) is 47.0 Å². The number of carbonyl (C=O) groups is 5. The Bertz CT molecular complexity index is 3150. The Morgan fingerprint density at radius 1 is 0.805 bits per heavy atom. The van der Waals surface area contributed by atoms with Crippen LogP contribution < -0.4 is 84.9 Å². The number of thiazole rings is 1. The van der Waals surface area contributed by atoms with Crippen LogP contribution in [0, 0.1) is 33.1 Å². The Hall–Kier alpha value is -3.79. The standard InChI is InChI=1S/C59H79ClN9O13PS2.2Na/c1-37-39(3)85-58-51(37)52(42-20-22-44(60)23-21-42)64-46(55-67-66-40(4)69(55)58)32-48(70)61-24-26-78-27-28-79-29-30-80-35-49(71)65-54(59(5,6)7)57(74)68-34-45(82-50(72)15-13-11-9-8-10-12-14-25-81-83(75,76)77)31-47(68)56(73)62-33-41-16-18-43(19-17-41)53-38(2)63-36-84-53;;/h16-23,36,45-47,54H,8-15,24-35H2,1-7H3,(H,61,70)(H,62,73)(H,65,71)(H2,75,76,77);;/q;2*+1/p-2/t45-,46+,47+,54-;;/m1../s1. The number of carbonyl (C=O) groups excluding carboxylic acids is 5. The monoisotopic (exact) mass is 1300 g/mol. The number of aromatic nitrogens is 4. The fraction of sp³-hybridized carbons (Fsp3) is 0.542. The second kappa shape index (κ2) is 35.7. The number of rotatable bonds is 32. The van der Waals surface area contributed by atoms with E-state index in [2.05, 4.69) is 49.5 Å². The molecule has 462 valence electrons. The summed E-state index contributed by atoms with van der Waals surface area (Å²) in [5, 5.41) is 19.1. The molecule has 0 bridgehead atoms. The quantitative estimate of drug-likeness (QED) is 0.0235. The van der Waals surface area contributed by atoms with Gasteiger partial charge in [0.15, 0.2) is 5.82 Å². The van der Waals surface area contributed by atoms with Crippen LogP contribution in [0.3, 0.4) is 0 Å². The number of benzene rings is 2. The van der Waals surface area contributed by atoms with Gasteiger partial charge >= 0.3 is 65.1 Å². The Balaban J connectivity index is 0.00000690. The summed E-state index contributed by atoms with van der Waals surface area (Å²) in [5.74, 6) is -0.867. The van der Waals surface area contributed by atoms with Gasteiger partial charge in [-0.05, 0) is 74.8 Å². The number of ether oxygens (including phenoxy) is 4. The maximum atomic E-state index is 14.6. The predicted octanol–water partition coefficient (Wildman–Crippen LogP) is 1.12. The second-order valence-electron chi connectivity index (χ2n) is 22.1. The molecule has 7 rings (SSSR count). The summed E-state index contributed by atoms with van der Waals surface area (Å²) in [6.45, 7) is 14.2. The molecule has 87 heavy (non-hydrogen) atoms. The van der Waals surface area contributed by atoms with Gasteiger partial charge in [-0.15, -0.1) is 32.9 Å². The van der Waals surface area contributed by atoms with Gasteiger partial charge in [-0.25, -0.2) is 4.98 Å². The number of halogens is 1. The summed E-state index contributed by atoms with van der Waals surface area (Å²) in [7, 11) is -4.96. The number of nitrogens with one attached hydrogen (secondary N) is 3. The van der Waals surface area contributed by atoms with E-state index in [1.807, 2.05) is 66.9 Å². The van der Waals surface area contributed by atoms with Crippen molar-refractivity contribution in [1.29, 1.82) is 0 Å². The molecule has 4 atom stereocenters. The molecule has 0 saturated carbocycles. The van der Waals surface area contributed by atoms with Gasteiger partial charge in [0.1, 0.15) is 41.7 Å². The van der Waals surface area contributed by atoms with E-state index >= 15 is 0 Å². The Morgan fingerprint density at radius 2 is 1.45 bits per heavy atom. The number of hydrogen-bond acceptors (Lipinski definition) is 19. The average molecular weight is 1300 g/mol. The first-order chi connectivity index (χ1) is 40.6. The number of amides is 4. The number of aryl methyl sites for hydroxylation is 3. The summed E-state index contributed by atoms with van der Waals surface area (Å²) in [5.41, 5.74) is 7.49. The molecular weight excluding hydrogens is 1220 g/mol. The van der Waals surface area contributed by atoms with Crippen molar-refractivity contribution in [3.63, 3.8) is 0 Å². The molecule has 0 radical (unpaired) electrons. The fourth-order valence-corrected chi connectivity index (χ4v) is 12.5. The van der Waals surface area contributed by atoms with E-state index in [9.17, 15) is 38.3 Å². The number of unbranched alkanes of at least 4 members (excludes halogenated alkanes) is 6. The minimum atomic E-state index is -4.96. The van der Waals surface area contributed by atoms with E-state index in [-0.39, 0.29) is 150 Å². The van der Waals surface area contributed by atoms with Gasteiger partial charge in [-0.1, -0.05) is 101 Å². The third-order valence-corrected chi connectivity index (χ3v) is 17.5. The zero-order valence-corrected chi connectivity index (χ0v) is 58.6. The molecule has 5 heterocycles. The molecule has 4 amide bonds. The molecule has 1 saturated heterocycles. The third-order valence-electron chi connectivity index (χ3n) is 14.5. The van der Waals surface area contributed by atoms with Crippen LogP contribution in [0.4, 0.5) is 0 Å². The number of phosphoric acid groups is 1. The molecule has 2 aliphatic heterocycles. The molecule has 5 aromatic rings. The van der Waals surface area contributed by atoms with Crippen LogP contribution >= 0.6 is 42.1 Å². The number of likely N-dealkylation sites (tertiary alicyclic amines) is 1. The number of esters is 1. The summed E-state index contributed by atoms with van der Waals surface area (Å²) in [6.07, 6.45) is 4.50. The number of thiophene rings is 1. The van der Waals surface area contributed by atoms with Crippen LogP contribution in [-0.4, -0.2) is 137 Å². The minimum absolute atomic E-state index is 0. The molecule has 3 aromatic heterocycles. The molecule has 22 nitrogen and oxygen atoms in total. The summed E-state index contributed by atoms with van der Waals surface area (Å²) in [6, 6.07) is 12.6. The van der Waals surface area contributed by atoms with E-state index in [4.69, 9.17) is 35.5 Å². The molecule has 28 heteroatoms. The van der Waals surface area contributed by atoms with Gasteiger partial charge < -0.3 is 58.7 Å². The summed E-state index contributed by atoms with van der Waals surface area (Å²) < 4.78 is 39.8. The zero-order chi connectivity index (χ0) is 61.3. The minimum Gasteiger partial charge on any atom is -0.790 e. The van der Waals surface area contributed by atoms with Crippen LogP contribution in [0.1, 0.15) is 135 Å². The Kier molecular flexibility index (Phi) is 30.4. The summed E-state index contributed by atoms with van der Waals surface area (Å²) >= 11 is 9.43. The first-order valence-corrected chi connectivity index (χ1v) is 32.2. The largest absolute Gasteiger partial charge is 1.00 e. The van der Waals surface area contributed by atoms with Crippen molar-refractivity contribution in [3.05, 3.63) is 104 Å². The first-order valence-electron chi connectivity index (χ1n) is 28.7. The van der Waals surface area contributed by atoms with Crippen molar-refractivity contribution in [2.75, 3.05) is 59.3 Å². The van der Waals surface area contributed by atoms with Gasteiger partial charge in [0.2, 0.25) is 23.6 Å². The van der Waals surface area contributed by atoms with Crippen LogP contribution in [0.5, 0.6) is 0 Å². The number of nitrogens with zero attached hydrogens (tertiary/aromatic N) is 6. The second-order valence-corrected chi connectivity index (χ2v) is 25.8. The van der Waals surface area contributed by atoms with E-state index in [0.717, 1.165) is 79.7 Å². The van der Waals surface area contributed by atoms with E-state index in [1.165, 1.54) is 4.90 Å². The van der Waals surface area contributed by atoms with E-state index in [1.54, 1.807) is 49.0 Å². The Morgan fingerprint density at radius 3 is 2.10 bits per heavy atom. The molecular formula is C59H77ClN9Na2O13PS2. The number of hydrogen-bond donors (Lipinski definition) is 3. The predicted molar refractivity (Wildman–Crippen MR) is 319 cm³/mol. The van der Waals surface area contributed by atoms with Crippen molar-refractivity contribution in [2.45, 2.75) is 143 Å². The molecule has 1 fully saturated rings. The van der Waals surface area contributed by atoms with Crippen molar-refractivity contribution >= 4 is 77.4 Å². The SMILES string of the molecule is Cc1ncsc1-c1ccc(CNC(=O)[C@@H]2C[C@@H](OC(=O)CCCCCCCCCOP(=O)([O-])[O-])CN2C(=O)[C@@H](NC(=O)COCCOCCOCCNC(=O)C[C@@H]2N=C(c3ccc(Cl)cc3)c3c(sc(C)c3C)-n3c(C)nnc32)C(C)(C)C)cc1.[Na+].[Na+]. The van der Waals surface area contributed by atoms with Crippen LogP contribution in [0.25, 0.3) is 15.4 Å². The van der Waals surface area contributed by atoms with E-state index < -0.39 is 61.2 Å². The fourth-order valence-electron chi connectivity index (χ4n) is 9.98. The first kappa shape index (κ1) is 73.9. The third kappa shape index (κ3) is 22.2. The molecule has 0 aliphatic carbocycles. The van der Waals surface area contributed by atoms with Crippen LogP contribution in [-0.2, 0) is 58.6 Å². The van der Waals surface area contributed by atoms with Crippen LogP contribution in [0.2, 0.25) is 5.02 Å².